The van der Waals surface area contributed by atoms with E-state index in [4.69, 9.17) is 11.6 Å². The Balaban J connectivity index is 1.61. The summed E-state index contributed by atoms with van der Waals surface area (Å²) >= 11 is 5.78. The molecule has 1 saturated carbocycles. The molecule has 1 aromatic rings. The quantitative estimate of drug-likeness (QED) is 0.891. The van der Waals surface area contributed by atoms with Crippen LogP contribution in [0.15, 0.2) is 24.3 Å². The van der Waals surface area contributed by atoms with Crippen LogP contribution in [0.3, 0.4) is 0 Å². The second-order valence-electron chi connectivity index (χ2n) is 5.68. The highest BCUT2D eigenvalue weighted by atomic mass is 35.5. The van der Waals surface area contributed by atoms with Gasteiger partial charge in [-0.3, -0.25) is 4.79 Å². The molecule has 1 unspecified atom stereocenters. The van der Waals surface area contributed by atoms with Crippen molar-refractivity contribution in [2.75, 3.05) is 6.54 Å². The van der Waals surface area contributed by atoms with Crippen LogP contribution in [0.2, 0.25) is 5.02 Å². The van der Waals surface area contributed by atoms with Crippen molar-refractivity contribution < 1.29 is 13.2 Å². The first-order valence-corrected chi connectivity index (χ1v) is 9.00. The molecule has 1 heterocycles. The molecular weight excluding hydrogens is 312 g/mol. The van der Waals surface area contributed by atoms with E-state index in [-0.39, 0.29) is 24.1 Å². The highest BCUT2D eigenvalue weighted by molar-refractivity contribution is 7.88. The van der Waals surface area contributed by atoms with Crippen molar-refractivity contribution in [2.24, 2.45) is 0 Å². The molecule has 1 N–H and O–H groups in total. The maximum Gasteiger partial charge on any atom is 0.224 e. The molecule has 7 heteroatoms. The number of nitrogens with one attached hydrogen (secondary N) is 1. The van der Waals surface area contributed by atoms with Gasteiger partial charge in [-0.2, -0.15) is 0 Å². The number of hydrogen-bond acceptors (Lipinski definition) is 3. The standard InChI is InChI=1S/C14H17ClN2O3S/c15-11-3-1-10(2-4-11)9-21(19,20)16-12-7-14(18)17(8-12)13-5-6-13/h1-4,12-13,16H,5-9H2. The van der Waals surface area contributed by atoms with Gasteiger partial charge in [-0.1, -0.05) is 23.7 Å². The molecule has 5 nitrogen and oxygen atoms in total. The largest absolute Gasteiger partial charge is 0.338 e. The number of sulfonamides is 1. The average molecular weight is 329 g/mol. The Hall–Kier alpha value is -1.11. The number of rotatable bonds is 5. The minimum absolute atomic E-state index is 0.0525. The lowest BCUT2D eigenvalue weighted by Crippen LogP contribution is -2.38. The van der Waals surface area contributed by atoms with E-state index >= 15 is 0 Å². The first-order valence-electron chi connectivity index (χ1n) is 6.97. The molecule has 0 bridgehead atoms. The van der Waals surface area contributed by atoms with Crippen LogP contribution in [-0.4, -0.2) is 37.9 Å². The molecule has 1 aliphatic heterocycles. The Morgan fingerprint density at radius 2 is 1.90 bits per heavy atom. The monoisotopic (exact) mass is 328 g/mol. The molecule has 0 aromatic heterocycles. The maximum absolute atomic E-state index is 12.2. The number of carbonyl (C=O) groups is 1. The van der Waals surface area contributed by atoms with Crippen molar-refractivity contribution in [1.29, 1.82) is 0 Å². The van der Waals surface area contributed by atoms with Gasteiger partial charge in [0.25, 0.3) is 0 Å². The number of benzene rings is 1. The minimum Gasteiger partial charge on any atom is -0.338 e. The summed E-state index contributed by atoms with van der Waals surface area (Å²) in [7, 11) is -3.46. The molecule has 3 rings (SSSR count). The number of hydrogen-bond donors (Lipinski definition) is 1. The summed E-state index contributed by atoms with van der Waals surface area (Å²) in [5.41, 5.74) is 0.676. The Kier molecular flexibility index (Phi) is 3.94. The predicted octanol–water partition coefficient (Wildman–Crippen LogP) is 1.52. The Labute approximate surface area is 129 Å². The molecule has 0 spiro atoms. The lowest BCUT2D eigenvalue weighted by atomic mass is 10.2. The number of halogens is 1. The van der Waals surface area contributed by atoms with E-state index in [0.29, 0.717) is 23.2 Å². The third kappa shape index (κ3) is 3.75. The summed E-state index contributed by atoms with van der Waals surface area (Å²) in [6.45, 7) is 0.489. The van der Waals surface area contributed by atoms with Crippen molar-refractivity contribution in [3.8, 4) is 0 Å². The number of likely N-dealkylation sites (tertiary alicyclic amines) is 1. The SMILES string of the molecule is O=C1CC(NS(=O)(=O)Cc2ccc(Cl)cc2)CN1C1CC1. The summed E-state index contributed by atoms with van der Waals surface area (Å²) in [5.74, 6) is -0.0464. The van der Waals surface area contributed by atoms with E-state index in [0.717, 1.165) is 12.8 Å². The first kappa shape index (κ1) is 14.8. The maximum atomic E-state index is 12.2. The molecule has 21 heavy (non-hydrogen) atoms. The van der Waals surface area contributed by atoms with Gasteiger partial charge >= 0.3 is 0 Å². The minimum atomic E-state index is -3.46. The number of carbonyl (C=O) groups excluding carboxylic acids is 1. The summed E-state index contributed by atoms with van der Waals surface area (Å²) in [4.78, 5) is 13.6. The predicted molar refractivity (Wildman–Crippen MR) is 80.4 cm³/mol. The summed E-state index contributed by atoms with van der Waals surface area (Å²) in [6.07, 6.45) is 2.34. The van der Waals surface area contributed by atoms with Crippen molar-refractivity contribution in [2.45, 2.75) is 37.1 Å². The second kappa shape index (κ2) is 5.59. The molecule has 2 aliphatic rings. The average Bonchev–Trinajstić information content (AvgIpc) is 3.17. The van der Waals surface area contributed by atoms with E-state index in [1.807, 2.05) is 0 Å². The molecule has 0 radical (unpaired) electrons. The van der Waals surface area contributed by atoms with E-state index in [9.17, 15) is 13.2 Å². The second-order valence-corrected chi connectivity index (χ2v) is 7.87. The van der Waals surface area contributed by atoms with Crippen LogP contribution < -0.4 is 4.72 Å². The van der Waals surface area contributed by atoms with E-state index in [1.165, 1.54) is 0 Å². The molecular formula is C14H17ClN2O3S. The highest BCUT2D eigenvalue weighted by Gasteiger charge is 2.40. The van der Waals surface area contributed by atoms with Crippen LogP contribution in [0.5, 0.6) is 0 Å². The Morgan fingerprint density at radius 1 is 1.24 bits per heavy atom. The van der Waals surface area contributed by atoms with E-state index in [1.54, 1.807) is 29.2 Å². The normalized spacial score (nSPS) is 22.8. The molecule has 1 saturated heterocycles. The Morgan fingerprint density at radius 3 is 2.52 bits per heavy atom. The van der Waals surface area contributed by atoms with Crippen LogP contribution in [0, 0.1) is 0 Å². The summed E-state index contributed by atoms with van der Waals surface area (Å²) in [6, 6.07) is 6.75. The van der Waals surface area contributed by atoms with Gasteiger partial charge in [-0.15, -0.1) is 0 Å². The fourth-order valence-corrected chi connectivity index (χ4v) is 4.15. The van der Waals surface area contributed by atoms with Gasteiger partial charge in [0.05, 0.1) is 5.75 Å². The van der Waals surface area contributed by atoms with Crippen molar-refractivity contribution >= 4 is 27.5 Å². The highest BCUT2D eigenvalue weighted by Crippen LogP contribution is 2.30. The molecule has 1 atom stereocenters. The lowest BCUT2D eigenvalue weighted by molar-refractivity contribution is -0.128. The fraction of sp³-hybridized carbons (Fsp3) is 0.500. The number of nitrogens with zero attached hydrogens (tertiary/aromatic N) is 1. The molecule has 2 fully saturated rings. The topological polar surface area (TPSA) is 66.5 Å². The van der Waals surface area contributed by atoms with Gasteiger partial charge in [0.15, 0.2) is 0 Å². The van der Waals surface area contributed by atoms with Gasteiger partial charge in [0.1, 0.15) is 0 Å². The molecule has 114 valence electrons. The van der Waals surface area contributed by atoms with Gasteiger partial charge < -0.3 is 4.90 Å². The van der Waals surface area contributed by atoms with Crippen LogP contribution in [0.4, 0.5) is 0 Å². The zero-order valence-corrected chi connectivity index (χ0v) is 13.0. The third-order valence-corrected chi connectivity index (χ3v) is 5.42. The smallest absolute Gasteiger partial charge is 0.224 e. The zero-order valence-electron chi connectivity index (χ0n) is 11.5. The Bertz CT molecular complexity index is 641. The first-order chi connectivity index (χ1) is 9.93. The van der Waals surface area contributed by atoms with Crippen LogP contribution >= 0.6 is 11.6 Å². The van der Waals surface area contributed by atoms with Crippen molar-refractivity contribution in [3.05, 3.63) is 34.9 Å². The van der Waals surface area contributed by atoms with Gasteiger partial charge in [0, 0.05) is 30.1 Å². The van der Waals surface area contributed by atoms with Gasteiger partial charge in [-0.05, 0) is 30.5 Å². The van der Waals surface area contributed by atoms with Gasteiger partial charge in [-0.25, -0.2) is 13.1 Å². The van der Waals surface area contributed by atoms with E-state index in [2.05, 4.69) is 4.72 Å². The van der Waals surface area contributed by atoms with Crippen molar-refractivity contribution in [1.82, 2.24) is 9.62 Å². The third-order valence-electron chi connectivity index (χ3n) is 3.76. The lowest BCUT2D eigenvalue weighted by Gasteiger charge is -2.16. The van der Waals surface area contributed by atoms with Crippen LogP contribution in [-0.2, 0) is 20.6 Å². The summed E-state index contributed by atoms with van der Waals surface area (Å²) < 4.78 is 27.0. The fourth-order valence-electron chi connectivity index (χ4n) is 2.65. The van der Waals surface area contributed by atoms with Crippen molar-refractivity contribution in [3.63, 3.8) is 0 Å². The van der Waals surface area contributed by atoms with Crippen LogP contribution in [0.25, 0.3) is 0 Å². The van der Waals surface area contributed by atoms with E-state index < -0.39 is 10.0 Å². The molecule has 1 aromatic carbocycles. The number of amides is 1. The molecule has 1 amide bonds. The molecule has 1 aliphatic carbocycles. The van der Waals surface area contributed by atoms with Gasteiger partial charge in [0.2, 0.25) is 15.9 Å². The summed E-state index contributed by atoms with van der Waals surface area (Å²) in [5, 5.41) is 0.575. The zero-order chi connectivity index (χ0) is 15.0. The van der Waals surface area contributed by atoms with Crippen LogP contribution in [0.1, 0.15) is 24.8 Å².